The first-order valence-electron chi connectivity index (χ1n) is 11.9. The Bertz CT molecular complexity index is 1570. The van der Waals surface area contributed by atoms with Gasteiger partial charge in [-0.15, -0.1) is 0 Å². The molecule has 3 aromatic heterocycles. The molecule has 0 radical (unpaired) electrons. The fourth-order valence-electron chi connectivity index (χ4n) is 4.38. The monoisotopic (exact) mass is 504 g/mol. The fourth-order valence-corrected chi connectivity index (χ4v) is 4.38. The number of imidazole rings is 1. The molecule has 1 aliphatic carbocycles. The van der Waals surface area contributed by atoms with Crippen LogP contribution in [0, 0.1) is 11.6 Å². The van der Waals surface area contributed by atoms with E-state index in [1.165, 1.54) is 17.5 Å². The van der Waals surface area contributed by atoms with E-state index in [0.29, 0.717) is 52.5 Å². The van der Waals surface area contributed by atoms with E-state index in [1.54, 1.807) is 35.5 Å². The smallest absolute Gasteiger partial charge is 0.256 e. The van der Waals surface area contributed by atoms with Crippen LogP contribution >= 0.6 is 0 Å². The minimum Gasteiger partial charge on any atom is -0.487 e. The molecule has 2 amide bonds. The third kappa shape index (κ3) is 4.59. The molecule has 1 fully saturated rings. The molecule has 0 atom stereocenters. The molecule has 4 heterocycles. The molecule has 0 spiro atoms. The van der Waals surface area contributed by atoms with Crippen LogP contribution in [0.4, 0.5) is 14.6 Å². The second-order valence-corrected chi connectivity index (χ2v) is 9.22. The molecule has 37 heavy (non-hydrogen) atoms. The van der Waals surface area contributed by atoms with Crippen molar-refractivity contribution in [2.24, 2.45) is 0 Å². The topological polar surface area (TPSA) is 102 Å². The molecule has 1 aromatic carbocycles. The summed E-state index contributed by atoms with van der Waals surface area (Å²) < 4.78 is 35.7. The van der Waals surface area contributed by atoms with E-state index in [1.807, 2.05) is 0 Å². The minimum atomic E-state index is -0.765. The van der Waals surface area contributed by atoms with Gasteiger partial charge in [-0.3, -0.25) is 14.6 Å². The number of aromatic nitrogens is 4. The van der Waals surface area contributed by atoms with Crippen LogP contribution in [0.3, 0.4) is 0 Å². The quantitative estimate of drug-likeness (QED) is 0.429. The number of hydrogen-bond acceptors (Lipinski definition) is 6. The minimum absolute atomic E-state index is 0.00541. The van der Waals surface area contributed by atoms with Crippen molar-refractivity contribution in [2.45, 2.75) is 38.8 Å². The normalized spacial score (nSPS) is 15.1. The summed E-state index contributed by atoms with van der Waals surface area (Å²) in [7, 11) is 0. The zero-order valence-corrected chi connectivity index (χ0v) is 19.9. The lowest BCUT2D eigenvalue weighted by atomic mass is 10.0. The number of nitrogens with one attached hydrogen (secondary N) is 1. The lowest BCUT2D eigenvalue weighted by Gasteiger charge is -2.29. The molecular weight excluding hydrogens is 482 g/mol. The summed E-state index contributed by atoms with van der Waals surface area (Å²) in [5.74, 6) is -1.62. The summed E-state index contributed by atoms with van der Waals surface area (Å²) in [5.41, 5.74) is 3.10. The van der Waals surface area contributed by atoms with Crippen molar-refractivity contribution in [3.63, 3.8) is 0 Å². The summed E-state index contributed by atoms with van der Waals surface area (Å²) >= 11 is 0. The van der Waals surface area contributed by atoms with Gasteiger partial charge < -0.3 is 15.0 Å². The highest BCUT2D eigenvalue weighted by Gasteiger charge is 2.30. The van der Waals surface area contributed by atoms with Crippen molar-refractivity contribution in [3.05, 3.63) is 71.2 Å². The van der Waals surface area contributed by atoms with Crippen LogP contribution in [0.1, 0.15) is 41.4 Å². The van der Waals surface area contributed by atoms with Gasteiger partial charge in [0, 0.05) is 49.8 Å². The molecule has 0 bridgehead atoms. The van der Waals surface area contributed by atoms with Crippen LogP contribution in [0.5, 0.6) is 5.75 Å². The molecule has 0 saturated heterocycles. The number of fused-ring (bicyclic) bond motifs is 2. The number of benzene rings is 1. The van der Waals surface area contributed by atoms with Crippen molar-refractivity contribution in [1.82, 2.24) is 24.5 Å². The summed E-state index contributed by atoms with van der Waals surface area (Å²) in [6, 6.07) is 7.25. The highest BCUT2D eigenvalue weighted by Crippen LogP contribution is 2.34. The number of carbonyl (C=O) groups is 2. The summed E-state index contributed by atoms with van der Waals surface area (Å²) in [4.78, 5) is 35.1. The van der Waals surface area contributed by atoms with Gasteiger partial charge >= 0.3 is 0 Å². The lowest BCUT2D eigenvalue weighted by molar-refractivity contribution is -0.114. The van der Waals surface area contributed by atoms with Crippen LogP contribution < -0.4 is 10.1 Å². The number of nitrogens with zero attached hydrogens (tertiary/aromatic N) is 5. The van der Waals surface area contributed by atoms with E-state index in [9.17, 15) is 18.4 Å². The number of hydrogen-bond donors (Lipinski definition) is 1. The van der Waals surface area contributed by atoms with Gasteiger partial charge in [-0.25, -0.2) is 18.3 Å². The zero-order chi connectivity index (χ0) is 25.7. The Hall–Kier alpha value is -4.41. The van der Waals surface area contributed by atoms with Crippen LogP contribution in [0.2, 0.25) is 0 Å². The van der Waals surface area contributed by atoms with Gasteiger partial charge in [0.15, 0.2) is 23.0 Å². The fraction of sp³-hybridized carbons (Fsp3) is 0.269. The van der Waals surface area contributed by atoms with Crippen molar-refractivity contribution in [3.8, 4) is 17.0 Å². The van der Waals surface area contributed by atoms with Crippen LogP contribution in [0.15, 0.2) is 42.7 Å². The van der Waals surface area contributed by atoms with Gasteiger partial charge in [0.2, 0.25) is 5.91 Å². The first-order chi connectivity index (χ1) is 17.8. The molecule has 1 aliphatic heterocycles. The maximum Gasteiger partial charge on any atom is 0.256 e. The number of halogens is 2. The molecule has 4 aromatic rings. The molecule has 1 N–H and O–H groups in total. The molecule has 2 aliphatic rings. The maximum absolute atomic E-state index is 14.5. The van der Waals surface area contributed by atoms with E-state index in [-0.39, 0.29) is 30.2 Å². The molecule has 9 nitrogen and oxygen atoms in total. The van der Waals surface area contributed by atoms with Gasteiger partial charge in [-0.05, 0) is 37.1 Å². The largest absolute Gasteiger partial charge is 0.487 e. The van der Waals surface area contributed by atoms with Gasteiger partial charge in [0.25, 0.3) is 5.91 Å². The number of carbonyl (C=O) groups excluding carboxylic acids is 2. The number of rotatable bonds is 6. The van der Waals surface area contributed by atoms with Gasteiger partial charge in [0.1, 0.15) is 5.82 Å². The van der Waals surface area contributed by atoms with E-state index >= 15 is 0 Å². The third-order valence-corrected chi connectivity index (χ3v) is 6.28. The summed E-state index contributed by atoms with van der Waals surface area (Å²) in [6.07, 6.45) is 5.34. The number of ether oxygens (including phenoxy) is 1. The number of anilines is 1. The molecule has 11 heteroatoms. The standard InChI is InChI=1S/C26H22F2N6O3/c1-14(35)30-23-13-34-24(31-23)5-4-21(32-34)15-9-19-22(29-11-15)6-7-33(26(19)36)12-16-8-17(27)10-20(28)25(16)37-18-2-3-18/h4-5,8-11,13,18H,2-3,6-7,12H2,1H3,(H,30,35). The van der Waals surface area contributed by atoms with Crippen molar-refractivity contribution >= 4 is 23.3 Å². The van der Waals surface area contributed by atoms with Crippen LogP contribution in [-0.2, 0) is 17.8 Å². The summed E-state index contributed by atoms with van der Waals surface area (Å²) in [5, 5.41) is 7.16. The zero-order valence-electron chi connectivity index (χ0n) is 19.9. The predicted octanol–water partition coefficient (Wildman–Crippen LogP) is 3.77. The average Bonchev–Trinajstić information content (AvgIpc) is 3.59. The Morgan fingerprint density at radius 3 is 2.84 bits per heavy atom. The van der Waals surface area contributed by atoms with E-state index < -0.39 is 11.6 Å². The lowest BCUT2D eigenvalue weighted by Crippen LogP contribution is -2.37. The Balaban J connectivity index is 1.28. The highest BCUT2D eigenvalue weighted by atomic mass is 19.1. The highest BCUT2D eigenvalue weighted by molar-refractivity contribution is 5.97. The Labute approximate surface area is 210 Å². The first kappa shape index (κ1) is 23.0. The number of amides is 2. The van der Waals surface area contributed by atoms with Crippen LogP contribution in [-0.4, -0.2) is 48.9 Å². The first-order valence-corrected chi connectivity index (χ1v) is 11.9. The Morgan fingerprint density at radius 1 is 1.22 bits per heavy atom. The molecule has 6 rings (SSSR count). The van der Waals surface area contributed by atoms with Gasteiger partial charge in [0.05, 0.1) is 29.3 Å². The molecular formula is C26H22F2N6O3. The van der Waals surface area contributed by atoms with E-state index in [0.717, 1.165) is 18.9 Å². The van der Waals surface area contributed by atoms with Crippen molar-refractivity contribution in [1.29, 1.82) is 0 Å². The second-order valence-electron chi connectivity index (χ2n) is 9.22. The molecule has 188 valence electrons. The Morgan fingerprint density at radius 2 is 2.05 bits per heavy atom. The van der Waals surface area contributed by atoms with Gasteiger partial charge in [-0.2, -0.15) is 5.10 Å². The summed E-state index contributed by atoms with van der Waals surface area (Å²) in [6.45, 7) is 1.78. The number of pyridine rings is 1. The second kappa shape index (κ2) is 8.91. The van der Waals surface area contributed by atoms with E-state index in [2.05, 4.69) is 20.4 Å². The SMILES string of the molecule is CC(=O)Nc1cn2nc(-c3cnc4c(c3)C(=O)N(Cc3cc(F)cc(F)c3OC3CC3)CC4)ccc2n1. The molecule has 1 saturated carbocycles. The average molecular weight is 504 g/mol. The molecule has 0 unspecified atom stereocenters. The maximum atomic E-state index is 14.5. The van der Waals surface area contributed by atoms with Crippen molar-refractivity contribution < 1.29 is 23.1 Å². The van der Waals surface area contributed by atoms with Crippen molar-refractivity contribution in [2.75, 3.05) is 11.9 Å². The van der Waals surface area contributed by atoms with Gasteiger partial charge in [-0.1, -0.05) is 0 Å². The third-order valence-electron chi connectivity index (χ3n) is 6.28. The van der Waals surface area contributed by atoms with E-state index in [4.69, 9.17) is 4.74 Å². The predicted molar refractivity (Wildman–Crippen MR) is 129 cm³/mol. The Kier molecular flexibility index (Phi) is 5.54. The van der Waals surface area contributed by atoms with Crippen LogP contribution in [0.25, 0.3) is 16.9 Å².